The molecule has 1 heterocycles. The predicted octanol–water partition coefficient (Wildman–Crippen LogP) is 3.27. The maximum Gasteiger partial charge on any atom is 0.256 e. The molecule has 0 N–H and O–H groups in total. The molecule has 1 aliphatic heterocycles. The van der Waals surface area contributed by atoms with Gasteiger partial charge in [0.15, 0.2) is 0 Å². The second-order valence-electron chi connectivity index (χ2n) is 6.64. The zero-order valence-electron chi connectivity index (χ0n) is 15.0. The van der Waals surface area contributed by atoms with Gasteiger partial charge in [0, 0.05) is 32.6 Å². The summed E-state index contributed by atoms with van der Waals surface area (Å²) in [6, 6.07) is 12.7. The van der Waals surface area contributed by atoms with Crippen molar-refractivity contribution in [2.24, 2.45) is 0 Å². The van der Waals surface area contributed by atoms with E-state index in [1.165, 1.54) is 4.90 Å². The Balaban J connectivity index is 1.57. The Morgan fingerprint density at radius 3 is 2.37 bits per heavy atom. The summed E-state index contributed by atoms with van der Waals surface area (Å²) in [6.45, 7) is 1.68. The number of halogens is 2. The molecule has 3 rings (SSSR count). The molecule has 0 aliphatic carbocycles. The molecule has 27 heavy (non-hydrogen) atoms. The molecule has 0 bridgehead atoms. The summed E-state index contributed by atoms with van der Waals surface area (Å²) in [7, 11) is 0. The Bertz CT molecular complexity index is 811. The van der Waals surface area contributed by atoms with Crippen molar-refractivity contribution in [1.82, 2.24) is 9.80 Å². The van der Waals surface area contributed by atoms with Crippen LogP contribution < -0.4 is 0 Å². The van der Waals surface area contributed by atoms with Gasteiger partial charge in [-0.05, 0) is 36.6 Å². The van der Waals surface area contributed by atoms with Gasteiger partial charge in [-0.15, -0.1) is 0 Å². The molecule has 142 valence electrons. The third-order valence-electron chi connectivity index (χ3n) is 4.76. The molecule has 2 aromatic carbocycles. The fraction of sp³-hybridized carbons (Fsp3) is 0.333. The Morgan fingerprint density at radius 1 is 0.889 bits per heavy atom. The van der Waals surface area contributed by atoms with E-state index in [1.807, 2.05) is 30.3 Å². The second kappa shape index (κ2) is 8.75. The lowest BCUT2D eigenvalue weighted by atomic mass is 10.1. The lowest BCUT2D eigenvalue weighted by Crippen LogP contribution is -2.37. The second-order valence-corrected chi connectivity index (χ2v) is 6.64. The first-order chi connectivity index (χ1) is 13.0. The van der Waals surface area contributed by atoms with Crippen molar-refractivity contribution >= 4 is 11.8 Å². The van der Waals surface area contributed by atoms with Crippen molar-refractivity contribution in [3.8, 4) is 0 Å². The normalized spacial score (nSPS) is 14.7. The summed E-state index contributed by atoms with van der Waals surface area (Å²) in [5.74, 6) is -1.87. The SMILES string of the molecule is O=C(CCc1ccccc1)N1CCCN(C(=O)c2cc(F)ccc2F)CC1. The summed E-state index contributed by atoms with van der Waals surface area (Å²) < 4.78 is 27.2. The van der Waals surface area contributed by atoms with E-state index < -0.39 is 17.5 Å². The van der Waals surface area contributed by atoms with Crippen LogP contribution in [0.3, 0.4) is 0 Å². The number of nitrogens with zero attached hydrogens (tertiary/aromatic N) is 2. The Hall–Kier alpha value is -2.76. The molecule has 6 heteroatoms. The molecule has 0 aromatic heterocycles. The molecule has 0 saturated carbocycles. The zero-order chi connectivity index (χ0) is 19.2. The van der Waals surface area contributed by atoms with Crippen LogP contribution in [0.2, 0.25) is 0 Å². The first-order valence-corrected chi connectivity index (χ1v) is 9.10. The van der Waals surface area contributed by atoms with Crippen LogP contribution in [0.25, 0.3) is 0 Å². The van der Waals surface area contributed by atoms with Gasteiger partial charge in [0.05, 0.1) is 5.56 Å². The van der Waals surface area contributed by atoms with Gasteiger partial charge in [-0.3, -0.25) is 9.59 Å². The van der Waals surface area contributed by atoms with E-state index in [9.17, 15) is 18.4 Å². The van der Waals surface area contributed by atoms with E-state index >= 15 is 0 Å². The van der Waals surface area contributed by atoms with Crippen molar-refractivity contribution in [2.45, 2.75) is 19.3 Å². The average Bonchev–Trinajstić information content (AvgIpc) is 2.94. The molecular formula is C21H22F2N2O2. The van der Waals surface area contributed by atoms with Crippen LogP contribution in [0.5, 0.6) is 0 Å². The summed E-state index contributed by atoms with van der Waals surface area (Å²) in [4.78, 5) is 28.2. The molecule has 1 aliphatic rings. The van der Waals surface area contributed by atoms with E-state index in [2.05, 4.69) is 0 Å². The molecule has 1 saturated heterocycles. The number of carbonyl (C=O) groups excluding carboxylic acids is 2. The lowest BCUT2D eigenvalue weighted by molar-refractivity contribution is -0.131. The molecule has 0 unspecified atom stereocenters. The molecular weight excluding hydrogens is 350 g/mol. The minimum Gasteiger partial charge on any atom is -0.341 e. The Kier molecular flexibility index (Phi) is 6.16. The molecule has 4 nitrogen and oxygen atoms in total. The monoisotopic (exact) mass is 372 g/mol. The van der Waals surface area contributed by atoms with Crippen molar-refractivity contribution in [3.63, 3.8) is 0 Å². The number of amides is 2. The maximum atomic E-state index is 13.9. The Labute approximate surface area is 157 Å². The van der Waals surface area contributed by atoms with E-state index in [0.29, 0.717) is 45.4 Å². The number of hydrogen-bond donors (Lipinski definition) is 0. The van der Waals surface area contributed by atoms with Gasteiger partial charge in [-0.2, -0.15) is 0 Å². The fourth-order valence-corrected chi connectivity index (χ4v) is 3.26. The maximum absolute atomic E-state index is 13.9. The van der Waals surface area contributed by atoms with Gasteiger partial charge in [0.1, 0.15) is 11.6 Å². The molecule has 1 fully saturated rings. The van der Waals surface area contributed by atoms with E-state index in [4.69, 9.17) is 0 Å². The van der Waals surface area contributed by atoms with Crippen LogP contribution in [0, 0.1) is 11.6 Å². The first-order valence-electron chi connectivity index (χ1n) is 9.10. The number of rotatable bonds is 4. The lowest BCUT2D eigenvalue weighted by Gasteiger charge is -2.22. The molecule has 0 spiro atoms. The highest BCUT2D eigenvalue weighted by atomic mass is 19.1. The highest BCUT2D eigenvalue weighted by Crippen LogP contribution is 2.15. The van der Waals surface area contributed by atoms with Crippen LogP contribution in [0.1, 0.15) is 28.8 Å². The third kappa shape index (κ3) is 4.90. The van der Waals surface area contributed by atoms with Crippen molar-refractivity contribution in [3.05, 3.63) is 71.3 Å². The summed E-state index contributed by atoms with van der Waals surface area (Å²) in [6.07, 6.45) is 1.70. The molecule has 0 atom stereocenters. The summed E-state index contributed by atoms with van der Waals surface area (Å²) in [5, 5.41) is 0. The molecule has 2 aromatic rings. The van der Waals surface area contributed by atoms with Crippen LogP contribution >= 0.6 is 0 Å². The minimum atomic E-state index is -0.735. The van der Waals surface area contributed by atoms with E-state index in [1.54, 1.807) is 4.90 Å². The number of carbonyl (C=O) groups is 2. The van der Waals surface area contributed by atoms with Crippen LogP contribution in [-0.4, -0.2) is 47.8 Å². The molecule has 0 radical (unpaired) electrons. The van der Waals surface area contributed by atoms with E-state index in [-0.39, 0.29) is 11.5 Å². The highest BCUT2D eigenvalue weighted by Gasteiger charge is 2.24. The van der Waals surface area contributed by atoms with Crippen molar-refractivity contribution in [2.75, 3.05) is 26.2 Å². The fourth-order valence-electron chi connectivity index (χ4n) is 3.26. The van der Waals surface area contributed by atoms with Crippen LogP contribution in [-0.2, 0) is 11.2 Å². The largest absolute Gasteiger partial charge is 0.341 e. The van der Waals surface area contributed by atoms with Gasteiger partial charge in [0.2, 0.25) is 5.91 Å². The topological polar surface area (TPSA) is 40.6 Å². The van der Waals surface area contributed by atoms with Crippen molar-refractivity contribution < 1.29 is 18.4 Å². The van der Waals surface area contributed by atoms with Gasteiger partial charge in [-0.25, -0.2) is 8.78 Å². The Morgan fingerprint density at radius 2 is 1.59 bits per heavy atom. The number of aryl methyl sites for hydroxylation is 1. The third-order valence-corrected chi connectivity index (χ3v) is 4.76. The molecule has 2 amide bonds. The quantitative estimate of drug-likeness (QED) is 0.827. The van der Waals surface area contributed by atoms with Crippen LogP contribution in [0.4, 0.5) is 8.78 Å². The van der Waals surface area contributed by atoms with E-state index in [0.717, 1.165) is 23.8 Å². The summed E-state index contributed by atoms with van der Waals surface area (Å²) >= 11 is 0. The minimum absolute atomic E-state index is 0.0464. The van der Waals surface area contributed by atoms with Gasteiger partial charge >= 0.3 is 0 Å². The first kappa shape index (κ1) is 19.0. The zero-order valence-corrected chi connectivity index (χ0v) is 15.0. The van der Waals surface area contributed by atoms with Crippen LogP contribution in [0.15, 0.2) is 48.5 Å². The standard InChI is InChI=1S/C21H22F2N2O2/c22-17-8-9-19(23)18(15-17)21(27)25-12-4-11-24(13-14-25)20(26)10-7-16-5-2-1-3-6-16/h1-3,5-6,8-9,15H,4,7,10-14H2. The predicted molar refractivity (Wildman–Crippen MR) is 98.2 cm³/mol. The number of benzene rings is 2. The van der Waals surface area contributed by atoms with Gasteiger partial charge in [-0.1, -0.05) is 30.3 Å². The summed E-state index contributed by atoms with van der Waals surface area (Å²) in [5.41, 5.74) is 0.845. The van der Waals surface area contributed by atoms with Gasteiger partial charge < -0.3 is 9.80 Å². The number of hydrogen-bond acceptors (Lipinski definition) is 2. The average molecular weight is 372 g/mol. The van der Waals surface area contributed by atoms with Crippen molar-refractivity contribution in [1.29, 1.82) is 0 Å². The highest BCUT2D eigenvalue weighted by molar-refractivity contribution is 5.94. The smallest absolute Gasteiger partial charge is 0.256 e. The van der Waals surface area contributed by atoms with Gasteiger partial charge in [0.25, 0.3) is 5.91 Å².